The Morgan fingerprint density at radius 3 is 1.53 bits per heavy atom. The van der Waals surface area contributed by atoms with Crippen LogP contribution in [-0.4, -0.2) is 33.0 Å². The van der Waals surface area contributed by atoms with Crippen LogP contribution >= 0.6 is 23.2 Å². The summed E-state index contributed by atoms with van der Waals surface area (Å²) in [6.45, 7) is 1.75. The van der Waals surface area contributed by atoms with Gasteiger partial charge in [0.2, 0.25) is 0 Å². The summed E-state index contributed by atoms with van der Waals surface area (Å²) in [5.74, 6) is 1.71. The molecule has 0 spiro atoms. The third-order valence-corrected chi connectivity index (χ3v) is 5.36. The van der Waals surface area contributed by atoms with Gasteiger partial charge in [-0.3, -0.25) is 0 Å². The standard InChI is InChI=1S/C22H22Cl2N6/c23-15-5-7-17-19(11-15)27-13-29-21(17)25-9-3-1-2-4-10-26-22-18-8-6-16(24)12-20(18)28-14-30-22/h5-8,11-14H,1-4,9-10H2,(H,25,27,29)(H,26,28,30). The fourth-order valence-electron chi connectivity index (χ4n) is 3.36. The van der Waals surface area contributed by atoms with Gasteiger partial charge in [0, 0.05) is 33.9 Å². The second-order valence-corrected chi connectivity index (χ2v) is 7.91. The first kappa shape index (κ1) is 20.6. The number of benzene rings is 2. The van der Waals surface area contributed by atoms with Crippen LogP contribution < -0.4 is 10.6 Å². The first-order chi connectivity index (χ1) is 14.7. The summed E-state index contributed by atoms with van der Waals surface area (Å²) >= 11 is 12.1. The topological polar surface area (TPSA) is 75.6 Å². The smallest absolute Gasteiger partial charge is 0.137 e. The van der Waals surface area contributed by atoms with E-state index in [-0.39, 0.29) is 0 Å². The van der Waals surface area contributed by atoms with Crippen LogP contribution in [0, 0.1) is 0 Å². The molecule has 6 nitrogen and oxygen atoms in total. The van der Waals surface area contributed by atoms with E-state index >= 15 is 0 Å². The molecular formula is C22H22Cl2N6. The maximum Gasteiger partial charge on any atom is 0.137 e. The Morgan fingerprint density at radius 1 is 0.600 bits per heavy atom. The summed E-state index contributed by atoms with van der Waals surface area (Å²) < 4.78 is 0. The van der Waals surface area contributed by atoms with Gasteiger partial charge in [0.05, 0.1) is 11.0 Å². The number of halogens is 2. The molecule has 0 aliphatic carbocycles. The van der Waals surface area contributed by atoms with Gasteiger partial charge in [-0.2, -0.15) is 0 Å². The number of hydrogen-bond donors (Lipinski definition) is 2. The minimum atomic E-state index is 0.680. The molecule has 154 valence electrons. The summed E-state index contributed by atoms with van der Waals surface area (Å²) in [6, 6.07) is 11.3. The van der Waals surface area contributed by atoms with Crippen molar-refractivity contribution < 1.29 is 0 Å². The van der Waals surface area contributed by atoms with Crippen molar-refractivity contribution in [1.29, 1.82) is 0 Å². The molecule has 0 aliphatic heterocycles. The zero-order chi connectivity index (χ0) is 20.8. The molecule has 0 amide bonds. The van der Waals surface area contributed by atoms with Gasteiger partial charge in [-0.1, -0.05) is 36.0 Å². The van der Waals surface area contributed by atoms with E-state index in [9.17, 15) is 0 Å². The molecule has 4 rings (SSSR count). The zero-order valence-corrected chi connectivity index (χ0v) is 17.9. The molecule has 8 heteroatoms. The van der Waals surface area contributed by atoms with Crippen molar-refractivity contribution in [1.82, 2.24) is 19.9 Å². The van der Waals surface area contributed by atoms with E-state index in [0.29, 0.717) is 10.0 Å². The summed E-state index contributed by atoms with van der Waals surface area (Å²) in [7, 11) is 0. The lowest BCUT2D eigenvalue weighted by molar-refractivity contribution is 0.669. The molecular weight excluding hydrogens is 419 g/mol. The number of unbranched alkanes of at least 4 members (excludes halogenated alkanes) is 3. The number of rotatable bonds is 9. The van der Waals surface area contributed by atoms with Crippen LogP contribution in [0.25, 0.3) is 21.8 Å². The molecule has 0 fully saturated rings. The summed E-state index contributed by atoms with van der Waals surface area (Å²) in [4.78, 5) is 17.2. The molecule has 2 aromatic heterocycles. The fourth-order valence-corrected chi connectivity index (χ4v) is 3.69. The average Bonchev–Trinajstić information content (AvgIpc) is 2.75. The zero-order valence-electron chi connectivity index (χ0n) is 16.4. The van der Waals surface area contributed by atoms with Crippen molar-refractivity contribution in [2.75, 3.05) is 23.7 Å². The molecule has 0 saturated carbocycles. The minimum absolute atomic E-state index is 0.680. The molecule has 4 aromatic rings. The van der Waals surface area contributed by atoms with E-state index < -0.39 is 0 Å². The van der Waals surface area contributed by atoms with Crippen LogP contribution in [0.1, 0.15) is 25.7 Å². The Labute approximate surface area is 185 Å². The summed E-state index contributed by atoms with van der Waals surface area (Å²) in [5.41, 5.74) is 1.70. The van der Waals surface area contributed by atoms with Gasteiger partial charge in [-0.05, 0) is 49.2 Å². The lowest BCUT2D eigenvalue weighted by Gasteiger charge is -2.09. The van der Waals surface area contributed by atoms with E-state index in [1.54, 1.807) is 12.7 Å². The highest BCUT2D eigenvalue weighted by Gasteiger charge is 2.05. The van der Waals surface area contributed by atoms with E-state index in [1.807, 2.05) is 36.4 Å². The first-order valence-electron chi connectivity index (χ1n) is 9.99. The van der Waals surface area contributed by atoms with Crippen molar-refractivity contribution >= 4 is 56.6 Å². The molecule has 0 saturated heterocycles. The highest BCUT2D eigenvalue weighted by Crippen LogP contribution is 2.23. The van der Waals surface area contributed by atoms with Gasteiger partial charge in [0.25, 0.3) is 0 Å². The van der Waals surface area contributed by atoms with Crippen molar-refractivity contribution in [3.63, 3.8) is 0 Å². The second-order valence-electron chi connectivity index (χ2n) is 7.04. The third kappa shape index (κ3) is 5.07. The van der Waals surface area contributed by atoms with E-state index in [1.165, 1.54) is 0 Å². The number of hydrogen-bond acceptors (Lipinski definition) is 6. The van der Waals surface area contributed by atoms with E-state index in [0.717, 1.165) is 72.2 Å². The number of nitrogens with one attached hydrogen (secondary N) is 2. The minimum Gasteiger partial charge on any atom is -0.369 e. The van der Waals surface area contributed by atoms with Gasteiger partial charge in [-0.15, -0.1) is 0 Å². The fraction of sp³-hybridized carbons (Fsp3) is 0.273. The Bertz CT molecular complexity index is 1060. The van der Waals surface area contributed by atoms with Gasteiger partial charge < -0.3 is 10.6 Å². The van der Waals surface area contributed by atoms with Crippen LogP contribution in [0.3, 0.4) is 0 Å². The largest absolute Gasteiger partial charge is 0.369 e. The Kier molecular flexibility index (Phi) is 6.77. The van der Waals surface area contributed by atoms with Crippen LogP contribution in [0.2, 0.25) is 10.0 Å². The Hall–Kier alpha value is -2.70. The van der Waals surface area contributed by atoms with Crippen molar-refractivity contribution in [2.24, 2.45) is 0 Å². The van der Waals surface area contributed by atoms with Crippen LogP contribution in [0.5, 0.6) is 0 Å². The number of anilines is 2. The molecule has 0 aliphatic rings. The highest BCUT2D eigenvalue weighted by molar-refractivity contribution is 6.31. The molecule has 2 heterocycles. The molecule has 0 bridgehead atoms. The maximum absolute atomic E-state index is 6.03. The van der Waals surface area contributed by atoms with Gasteiger partial charge in [0.15, 0.2) is 0 Å². The SMILES string of the molecule is Clc1ccc2c(NCCCCCCNc3ncnc4cc(Cl)ccc34)ncnc2c1. The van der Waals surface area contributed by atoms with Crippen molar-refractivity contribution in [3.05, 3.63) is 59.1 Å². The third-order valence-electron chi connectivity index (χ3n) is 4.89. The van der Waals surface area contributed by atoms with E-state index in [2.05, 4.69) is 30.6 Å². The predicted octanol–water partition coefficient (Wildman–Crippen LogP) is 5.96. The monoisotopic (exact) mass is 440 g/mol. The second kappa shape index (κ2) is 9.87. The average molecular weight is 441 g/mol. The van der Waals surface area contributed by atoms with Gasteiger partial charge in [-0.25, -0.2) is 19.9 Å². The number of aromatic nitrogens is 4. The number of fused-ring (bicyclic) bond motifs is 2. The molecule has 30 heavy (non-hydrogen) atoms. The van der Waals surface area contributed by atoms with Crippen LogP contribution in [0.4, 0.5) is 11.6 Å². The van der Waals surface area contributed by atoms with Gasteiger partial charge >= 0.3 is 0 Å². The predicted molar refractivity (Wildman–Crippen MR) is 125 cm³/mol. The Morgan fingerprint density at radius 2 is 1.07 bits per heavy atom. The maximum atomic E-state index is 6.03. The van der Waals surface area contributed by atoms with Crippen LogP contribution in [-0.2, 0) is 0 Å². The highest BCUT2D eigenvalue weighted by atomic mass is 35.5. The summed E-state index contributed by atoms with van der Waals surface area (Å²) in [5, 5.41) is 10.2. The normalized spacial score (nSPS) is 11.1. The van der Waals surface area contributed by atoms with Gasteiger partial charge in [0.1, 0.15) is 24.3 Å². The molecule has 0 atom stereocenters. The first-order valence-corrected chi connectivity index (χ1v) is 10.7. The van der Waals surface area contributed by atoms with E-state index in [4.69, 9.17) is 23.2 Å². The van der Waals surface area contributed by atoms with Crippen molar-refractivity contribution in [3.8, 4) is 0 Å². The quantitative estimate of drug-likeness (QED) is 0.312. The van der Waals surface area contributed by atoms with Crippen LogP contribution in [0.15, 0.2) is 49.1 Å². The molecule has 0 radical (unpaired) electrons. The Balaban J connectivity index is 1.18. The molecule has 0 unspecified atom stereocenters. The lowest BCUT2D eigenvalue weighted by Crippen LogP contribution is -2.06. The number of nitrogens with zero attached hydrogens (tertiary/aromatic N) is 4. The lowest BCUT2D eigenvalue weighted by atomic mass is 10.2. The summed E-state index contributed by atoms with van der Waals surface area (Å²) in [6.07, 6.45) is 7.57. The van der Waals surface area contributed by atoms with Crippen molar-refractivity contribution in [2.45, 2.75) is 25.7 Å². The molecule has 2 N–H and O–H groups in total. The molecule has 2 aromatic carbocycles.